The van der Waals surface area contributed by atoms with E-state index in [0.29, 0.717) is 4.91 Å². The van der Waals surface area contributed by atoms with Gasteiger partial charge in [0.1, 0.15) is 0 Å². The highest BCUT2D eigenvalue weighted by Gasteiger charge is 2.04. The molecule has 0 aliphatic heterocycles. The molecule has 0 atom stereocenters. The van der Waals surface area contributed by atoms with E-state index < -0.39 is 0 Å². The molecule has 11 heavy (non-hydrogen) atoms. The molecule has 1 N–H and O–H groups in total. The van der Waals surface area contributed by atoms with Crippen molar-refractivity contribution in [3.63, 3.8) is 0 Å². The van der Waals surface area contributed by atoms with Crippen LogP contribution in [0.1, 0.15) is 0 Å². The summed E-state index contributed by atoms with van der Waals surface area (Å²) >= 11 is 7.35. The van der Waals surface area contributed by atoms with E-state index in [4.69, 9.17) is 0 Å². The molecule has 0 aliphatic rings. The van der Waals surface area contributed by atoms with Crippen LogP contribution in [-0.4, -0.2) is 23.9 Å². The van der Waals surface area contributed by atoms with Crippen LogP contribution in [0, 0.1) is 0 Å². The second kappa shape index (κ2) is 6.69. The second-order valence-electron chi connectivity index (χ2n) is 1.51. The van der Waals surface area contributed by atoms with Crippen molar-refractivity contribution in [1.29, 1.82) is 0 Å². The largest absolute Gasteiger partial charge is 0.355 e. The molecule has 0 saturated heterocycles. The van der Waals surface area contributed by atoms with E-state index in [1.165, 1.54) is 28.2 Å². The van der Waals surface area contributed by atoms with Crippen molar-refractivity contribution in [3.05, 3.63) is 10.3 Å². The van der Waals surface area contributed by atoms with Gasteiger partial charge in [-0.15, -0.1) is 11.8 Å². The first-order chi connectivity index (χ1) is 5.26. The standard InChI is InChI=1S/C6H9NOS3/c1-7-6(8)5(3-10-2)11-4-9/h3-4H,1-2H3,(H,7,8)/b5-3-. The van der Waals surface area contributed by atoms with Gasteiger partial charge in [0.05, 0.1) is 4.91 Å². The zero-order valence-corrected chi connectivity index (χ0v) is 8.74. The van der Waals surface area contributed by atoms with E-state index >= 15 is 0 Å². The fourth-order valence-corrected chi connectivity index (χ4v) is 1.87. The lowest BCUT2D eigenvalue weighted by Crippen LogP contribution is -2.18. The number of rotatable bonds is 4. The number of thioether (sulfide) groups is 2. The maximum Gasteiger partial charge on any atom is 0.258 e. The van der Waals surface area contributed by atoms with Crippen molar-refractivity contribution in [2.24, 2.45) is 0 Å². The number of likely N-dealkylation sites (N-methyl/N-ethyl adjacent to an activating group) is 1. The van der Waals surface area contributed by atoms with E-state index in [2.05, 4.69) is 17.5 Å². The molecular formula is C6H9NOS3. The summed E-state index contributed by atoms with van der Waals surface area (Å²) in [5, 5.41) is 4.30. The molecular weight excluding hydrogens is 198 g/mol. The Kier molecular flexibility index (Phi) is 6.69. The van der Waals surface area contributed by atoms with Crippen LogP contribution in [0.5, 0.6) is 0 Å². The van der Waals surface area contributed by atoms with Gasteiger partial charge in [0, 0.05) is 11.7 Å². The van der Waals surface area contributed by atoms with Crippen LogP contribution < -0.4 is 5.32 Å². The molecule has 0 aliphatic carbocycles. The molecule has 0 saturated carbocycles. The van der Waals surface area contributed by atoms with Crippen LogP contribution >= 0.6 is 35.7 Å². The van der Waals surface area contributed by atoms with Crippen molar-refractivity contribution in [3.8, 4) is 0 Å². The van der Waals surface area contributed by atoms with Crippen LogP contribution in [-0.2, 0) is 4.79 Å². The third kappa shape index (κ3) is 4.44. The minimum Gasteiger partial charge on any atom is -0.355 e. The monoisotopic (exact) mass is 207 g/mol. The normalized spacial score (nSPS) is 10.9. The Morgan fingerprint density at radius 3 is 2.64 bits per heavy atom. The molecule has 0 unspecified atom stereocenters. The Labute approximate surface area is 80.2 Å². The highest BCUT2D eigenvalue weighted by atomic mass is 32.2. The Hall–Kier alpha value is -0.0000000000000000833. The van der Waals surface area contributed by atoms with Crippen molar-refractivity contribution >= 4 is 46.3 Å². The van der Waals surface area contributed by atoms with Gasteiger partial charge in [-0.05, 0) is 11.7 Å². The van der Waals surface area contributed by atoms with Crippen LogP contribution in [0.25, 0.3) is 0 Å². The lowest BCUT2D eigenvalue weighted by atomic mass is 10.6. The molecule has 0 heterocycles. The first-order valence-electron chi connectivity index (χ1n) is 2.81. The number of hydrogen-bond acceptors (Lipinski definition) is 4. The third-order valence-corrected chi connectivity index (χ3v) is 2.41. The van der Waals surface area contributed by atoms with E-state index in [-0.39, 0.29) is 5.91 Å². The molecule has 1 amide bonds. The van der Waals surface area contributed by atoms with Gasteiger partial charge in [-0.2, -0.15) is 0 Å². The van der Waals surface area contributed by atoms with E-state index in [9.17, 15) is 4.79 Å². The van der Waals surface area contributed by atoms with Gasteiger partial charge in [0.25, 0.3) is 5.91 Å². The fraction of sp³-hybridized carbons (Fsp3) is 0.333. The fourth-order valence-electron chi connectivity index (χ4n) is 0.417. The summed E-state index contributed by atoms with van der Waals surface area (Å²) in [6.07, 6.45) is 1.90. The van der Waals surface area contributed by atoms with Crippen molar-refractivity contribution < 1.29 is 4.79 Å². The van der Waals surface area contributed by atoms with Gasteiger partial charge < -0.3 is 5.32 Å². The van der Waals surface area contributed by atoms with Crippen LogP contribution in [0.15, 0.2) is 10.3 Å². The van der Waals surface area contributed by atoms with Crippen molar-refractivity contribution in [2.45, 2.75) is 0 Å². The SMILES string of the molecule is CNC(=O)/C(=C/SC)SC=S. The van der Waals surface area contributed by atoms with Crippen LogP contribution in [0.4, 0.5) is 0 Å². The molecule has 2 nitrogen and oxygen atoms in total. The zero-order valence-electron chi connectivity index (χ0n) is 6.29. The molecule has 0 aromatic rings. The van der Waals surface area contributed by atoms with E-state index in [1.54, 1.807) is 12.5 Å². The topological polar surface area (TPSA) is 29.1 Å². The van der Waals surface area contributed by atoms with Gasteiger partial charge >= 0.3 is 0 Å². The molecule has 62 valence electrons. The Morgan fingerprint density at radius 2 is 2.27 bits per heavy atom. The highest BCUT2D eigenvalue weighted by molar-refractivity contribution is 8.24. The summed E-state index contributed by atoms with van der Waals surface area (Å²) in [5.74, 6) is -0.0922. The van der Waals surface area contributed by atoms with Gasteiger partial charge in [0.2, 0.25) is 0 Å². The molecule has 0 aromatic carbocycles. The maximum atomic E-state index is 11.0. The highest BCUT2D eigenvalue weighted by Crippen LogP contribution is 2.16. The van der Waals surface area contributed by atoms with Gasteiger partial charge in [-0.1, -0.05) is 24.0 Å². The predicted molar refractivity (Wildman–Crippen MR) is 56.9 cm³/mol. The smallest absolute Gasteiger partial charge is 0.258 e. The number of carbonyl (C=O) groups is 1. The minimum atomic E-state index is -0.0922. The van der Waals surface area contributed by atoms with Crippen molar-refractivity contribution in [2.75, 3.05) is 13.3 Å². The van der Waals surface area contributed by atoms with Crippen LogP contribution in [0.3, 0.4) is 0 Å². The first kappa shape index (κ1) is 11.0. The molecule has 0 fully saturated rings. The summed E-state index contributed by atoms with van der Waals surface area (Å²) in [6.45, 7) is 0. The Balaban J connectivity index is 4.20. The average Bonchev–Trinajstić information content (AvgIpc) is 2.03. The number of nitrogens with one attached hydrogen (secondary N) is 1. The number of thiocarbonyl (C=S) groups is 1. The molecule has 0 radical (unpaired) electrons. The number of carbonyl (C=O) groups excluding carboxylic acids is 1. The van der Waals surface area contributed by atoms with Gasteiger partial charge in [0.15, 0.2) is 0 Å². The summed E-state index contributed by atoms with van der Waals surface area (Å²) in [7, 11) is 1.60. The molecule has 5 heteroatoms. The van der Waals surface area contributed by atoms with Crippen molar-refractivity contribution in [1.82, 2.24) is 5.32 Å². The summed E-state index contributed by atoms with van der Waals surface area (Å²) in [4.78, 5) is 11.6. The van der Waals surface area contributed by atoms with E-state index in [1.807, 2.05) is 6.26 Å². The average molecular weight is 207 g/mol. The van der Waals surface area contributed by atoms with Gasteiger partial charge in [-0.25, -0.2) is 0 Å². The quantitative estimate of drug-likeness (QED) is 0.560. The van der Waals surface area contributed by atoms with Gasteiger partial charge in [-0.3, -0.25) is 4.79 Å². The Bertz CT molecular complexity index is 179. The lowest BCUT2D eigenvalue weighted by molar-refractivity contribution is -0.116. The predicted octanol–water partition coefficient (Wildman–Crippen LogP) is 1.63. The summed E-state index contributed by atoms with van der Waals surface area (Å²) < 4.78 is 1.47. The number of hydrogen-bond donors (Lipinski definition) is 1. The molecule has 0 aromatic heterocycles. The molecule has 0 spiro atoms. The first-order valence-corrected chi connectivity index (χ1v) is 5.45. The molecule has 0 bridgehead atoms. The second-order valence-corrected chi connectivity index (χ2v) is 3.66. The summed E-state index contributed by atoms with van der Waals surface area (Å²) in [6, 6.07) is 0. The maximum absolute atomic E-state index is 11.0. The molecule has 0 rings (SSSR count). The zero-order chi connectivity index (χ0) is 8.69. The lowest BCUT2D eigenvalue weighted by Gasteiger charge is -1.99. The number of amides is 1. The van der Waals surface area contributed by atoms with E-state index in [0.717, 1.165) is 0 Å². The third-order valence-electron chi connectivity index (χ3n) is 0.851. The Morgan fingerprint density at radius 1 is 1.64 bits per heavy atom. The van der Waals surface area contributed by atoms with Crippen LogP contribution in [0.2, 0.25) is 0 Å². The minimum absolute atomic E-state index is 0.0922. The summed E-state index contributed by atoms with van der Waals surface area (Å²) in [5.41, 5.74) is 0.